The molecule has 122 valence electrons. The molecule has 0 N–H and O–H groups in total. The Balaban J connectivity index is 1.70. The monoisotopic (exact) mass is 314 g/mol. The first-order chi connectivity index (χ1) is 11.1. The van der Waals surface area contributed by atoms with Crippen LogP contribution in [0, 0.1) is 4.91 Å². The van der Waals surface area contributed by atoms with Crippen LogP contribution in [0.4, 0.5) is 5.69 Å². The average molecular weight is 314 g/mol. The predicted octanol–water partition coefficient (Wildman–Crippen LogP) is 2.76. The van der Waals surface area contributed by atoms with Crippen LogP contribution in [-0.2, 0) is 4.79 Å². The van der Waals surface area contributed by atoms with Gasteiger partial charge in [0.1, 0.15) is 5.69 Å². The largest absolute Gasteiger partial charge is 0.348 e. The molecule has 0 aliphatic carbocycles. The Hall–Kier alpha value is -2.21. The zero-order valence-corrected chi connectivity index (χ0v) is 13.6. The van der Waals surface area contributed by atoms with E-state index in [0.29, 0.717) is 18.3 Å². The molecule has 1 aliphatic heterocycles. The van der Waals surface area contributed by atoms with Crippen molar-refractivity contribution in [3.8, 4) is 0 Å². The molecule has 6 heteroatoms. The molecule has 0 radical (unpaired) electrons. The van der Waals surface area contributed by atoms with Gasteiger partial charge in [0.15, 0.2) is 0 Å². The molecule has 0 saturated carbocycles. The molecule has 2 aromatic rings. The van der Waals surface area contributed by atoms with E-state index in [1.54, 1.807) is 25.1 Å². The smallest absolute Gasteiger partial charge is 0.236 e. The molecule has 1 saturated heterocycles. The second kappa shape index (κ2) is 6.50. The summed E-state index contributed by atoms with van der Waals surface area (Å²) < 4.78 is 2.25. The summed E-state index contributed by atoms with van der Waals surface area (Å²) in [7, 11) is 3.58. The molecule has 1 aromatic carbocycles. The number of fused-ring (bicyclic) bond motifs is 1. The van der Waals surface area contributed by atoms with E-state index in [4.69, 9.17) is 0 Å². The number of carbonyl (C=O) groups is 1. The number of nitrogens with zero attached hydrogens (tertiary/aromatic N) is 4. The summed E-state index contributed by atoms with van der Waals surface area (Å²) >= 11 is 0. The van der Waals surface area contributed by atoms with Crippen molar-refractivity contribution in [3.05, 3.63) is 35.4 Å². The van der Waals surface area contributed by atoms with Crippen molar-refractivity contribution in [3.63, 3.8) is 0 Å². The van der Waals surface area contributed by atoms with E-state index < -0.39 is 0 Å². The molecule has 0 bridgehead atoms. The van der Waals surface area contributed by atoms with Crippen molar-refractivity contribution in [1.29, 1.82) is 0 Å². The number of amides is 1. The molecule has 2 heterocycles. The van der Waals surface area contributed by atoms with Crippen LogP contribution in [-0.4, -0.2) is 54.0 Å². The van der Waals surface area contributed by atoms with E-state index in [0.717, 1.165) is 36.8 Å². The van der Waals surface area contributed by atoms with Gasteiger partial charge in [-0.25, -0.2) is 0 Å². The van der Waals surface area contributed by atoms with Crippen molar-refractivity contribution in [2.24, 2.45) is 5.18 Å². The van der Waals surface area contributed by atoms with Gasteiger partial charge in [0.25, 0.3) is 0 Å². The van der Waals surface area contributed by atoms with Crippen LogP contribution >= 0.6 is 0 Å². The third kappa shape index (κ3) is 3.27. The number of likely N-dealkylation sites (tertiary alicyclic amines) is 1. The van der Waals surface area contributed by atoms with Gasteiger partial charge in [-0.05, 0) is 41.6 Å². The van der Waals surface area contributed by atoms with Gasteiger partial charge < -0.3 is 9.47 Å². The van der Waals surface area contributed by atoms with Crippen molar-refractivity contribution < 1.29 is 4.79 Å². The molecular weight excluding hydrogens is 292 g/mol. The second-order valence-electron chi connectivity index (χ2n) is 6.35. The van der Waals surface area contributed by atoms with Gasteiger partial charge in [-0.15, -0.1) is 4.91 Å². The summed E-state index contributed by atoms with van der Waals surface area (Å²) in [6.07, 6.45) is 4.09. The van der Waals surface area contributed by atoms with E-state index >= 15 is 0 Å². The van der Waals surface area contributed by atoms with E-state index in [-0.39, 0.29) is 5.91 Å². The quantitative estimate of drug-likeness (QED) is 0.815. The molecule has 23 heavy (non-hydrogen) atoms. The van der Waals surface area contributed by atoms with Crippen LogP contribution < -0.4 is 0 Å². The lowest BCUT2D eigenvalue weighted by molar-refractivity contribution is -0.130. The van der Waals surface area contributed by atoms with Gasteiger partial charge in [0, 0.05) is 39.4 Å². The molecule has 1 amide bonds. The molecule has 3 rings (SSSR count). The summed E-state index contributed by atoms with van der Waals surface area (Å²) in [5.74, 6) is 0.150. The van der Waals surface area contributed by atoms with Gasteiger partial charge >= 0.3 is 0 Å². The number of nitroso groups, excluding NO2 is 1. The average Bonchev–Trinajstić information content (AvgIpc) is 2.98. The molecule has 1 aromatic heterocycles. The summed E-state index contributed by atoms with van der Waals surface area (Å²) in [6, 6.07) is 8.01. The number of carbonyl (C=O) groups excluding carboxylic acids is 1. The van der Waals surface area contributed by atoms with E-state index in [1.165, 1.54) is 0 Å². The normalized spacial score (nSPS) is 16.6. The summed E-state index contributed by atoms with van der Waals surface area (Å²) in [5.41, 5.74) is 1.52. The van der Waals surface area contributed by atoms with Crippen molar-refractivity contribution >= 4 is 22.5 Å². The number of hydrogen-bond donors (Lipinski definition) is 0. The van der Waals surface area contributed by atoms with Crippen LogP contribution in [0.5, 0.6) is 0 Å². The topological polar surface area (TPSA) is 57.9 Å². The van der Waals surface area contributed by atoms with E-state index in [2.05, 4.69) is 26.9 Å². The van der Waals surface area contributed by atoms with Crippen molar-refractivity contribution in [1.82, 2.24) is 14.4 Å². The Bertz CT molecular complexity index is 714. The highest BCUT2D eigenvalue weighted by molar-refractivity contribution is 5.83. The number of likely N-dealkylation sites (N-methyl/N-ethyl adjacent to an activating group) is 1. The molecule has 1 fully saturated rings. The molecule has 6 nitrogen and oxygen atoms in total. The minimum Gasteiger partial charge on any atom is -0.348 e. The highest BCUT2D eigenvalue weighted by Crippen LogP contribution is 2.29. The number of piperidine rings is 1. The SMILES string of the molecule is CN(C)C(=O)CN1CCC(n2ccc3ccc(N=O)cc32)CC1. The first-order valence-electron chi connectivity index (χ1n) is 7.95. The lowest BCUT2D eigenvalue weighted by atomic mass is 10.0. The van der Waals surface area contributed by atoms with E-state index in [9.17, 15) is 9.70 Å². The van der Waals surface area contributed by atoms with Crippen LogP contribution in [0.15, 0.2) is 35.6 Å². The van der Waals surface area contributed by atoms with Crippen molar-refractivity contribution in [2.45, 2.75) is 18.9 Å². The fourth-order valence-corrected chi connectivity index (χ4v) is 3.20. The summed E-state index contributed by atoms with van der Waals surface area (Å²) in [4.78, 5) is 26.4. The maximum Gasteiger partial charge on any atom is 0.236 e. The van der Waals surface area contributed by atoms with Crippen LogP contribution in [0.1, 0.15) is 18.9 Å². The Morgan fingerprint density at radius 3 is 2.65 bits per heavy atom. The number of aromatic nitrogens is 1. The van der Waals surface area contributed by atoms with Gasteiger partial charge in [-0.1, -0.05) is 6.07 Å². The number of rotatable bonds is 4. The summed E-state index contributed by atoms with van der Waals surface area (Å²) in [6.45, 7) is 2.32. The Morgan fingerprint density at radius 1 is 1.26 bits per heavy atom. The predicted molar refractivity (Wildman–Crippen MR) is 90.8 cm³/mol. The molecular formula is C17H22N4O2. The third-order valence-electron chi connectivity index (χ3n) is 4.62. The molecule has 0 unspecified atom stereocenters. The molecule has 0 atom stereocenters. The number of benzene rings is 1. The zero-order chi connectivity index (χ0) is 16.4. The van der Waals surface area contributed by atoms with Gasteiger partial charge in [-0.3, -0.25) is 9.69 Å². The third-order valence-corrected chi connectivity index (χ3v) is 4.62. The minimum atomic E-state index is 0.150. The van der Waals surface area contributed by atoms with Gasteiger partial charge in [0.2, 0.25) is 5.91 Å². The maximum absolute atomic E-state index is 11.8. The van der Waals surface area contributed by atoms with Crippen LogP contribution in [0.2, 0.25) is 0 Å². The molecule has 0 spiro atoms. The highest BCUT2D eigenvalue weighted by Gasteiger charge is 2.23. The summed E-state index contributed by atoms with van der Waals surface area (Å²) in [5, 5.41) is 4.16. The Morgan fingerprint density at radius 2 is 2.00 bits per heavy atom. The second-order valence-corrected chi connectivity index (χ2v) is 6.35. The van der Waals surface area contributed by atoms with Crippen molar-refractivity contribution in [2.75, 3.05) is 33.7 Å². The molecule has 1 aliphatic rings. The first kappa shape index (κ1) is 15.7. The highest BCUT2D eigenvalue weighted by atomic mass is 16.3. The van der Waals surface area contributed by atoms with Crippen LogP contribution in [0.3, 0.4) is 0 Å². The lowest BCUT2D eigenvalue weighted by Gasteiger charge is -2.33. The Kier molecular flexibility index (Phi) is 4.43. The van der Waals surface area contributed by atoms with Gasteiger partial charge in [0.05, 0.1) is 12.1 Å². The van der Waals surface area contributed by atoms with E-state index in [1.807, 2.05) is 12.1 Å². The standard InChI is InChI=1S/C17H22N4O2/c1-19(2)17(22)12-20-8-6-15(7-9-20)21-10-5-13-3-4-14(18-23)11-16(13)21/h3-5,10-11,15H,6-9,12H2,1-2H3. The number of hydrogen-bond acceptors (Lipinski definition) is 4. The lowest BCUT2D eigenvalue weighted by Crippen LogP contribution is -2.41. The first-order valence-corrected chi connectivity index (χ1v) is 7.95. The Labute approximate surface area is 135 Å². The van der Waals surface area contributed by atoms with Gasteiger partial charge in [-0.2, -0.15) is 0 Å². The van der Waals surface area contributed by atoms with Crippen LogP contribution in [0.25, 0.3) is 10.9 Å². The maximum atomic E-state index is 11.8. The zero-order valence-electron chi connectivity index (χ0n) is 13.6. The fourth-order valence-electron chi connectivity index (χ4n) is 3.20. The fraction of sp³-hybridized carbons (Fsp3) is 0.471. The minimum absolute atomic E-state index is 0.150.